The average molecular weight is 382 g/mol. The molecular formula is C18H17Cl2NO4. The van der Waals surface area contributed by atoms with Crippen LogP contribution in [-0.4, -0.2) is 31.3 Å². The van der Waals surface area contributed by atoms with Gasteiger partial charge in [-0.3, -0.25) is 4.79 Å². The van der Waals surface area contributed by atoms with Crippen molar-refractivity contribution >= 4 is 29.1 Å². The van der Waals surface area contributed by atoms with Crippen LogP contribution in [-0.2, 0) is 4.79 Å². The number of halogens is 2. The molecule has 1 N–H and O–H groups in total. The zero-order chi connectivity index (χ0) is 17.8. The topological polar surface area (TPSA) is 56.8 Å². The Bertz CT molecular complexity index is 768. The Morgan fingerprint density at radius 1 is 1.28 bits per heavy atom. The van der Waals surface area contributed by atoms with E-state index in [1.165, 1.54) is 0 Å². The molecule has 0 aliphatic carbocycles. The number of para-hydroxylation sites is 2. The van der Waals surface area contributed by atoms with E-state index in [2.05, 4.69) is 5.32 Å². The molecule has 7 heteroatoms. The highest BCUT2D eigenvalue weighted by molar-refractivity contribution is 6.35. The molecule has 0 bridgehead atoms. The molecule has 1 aliphatic rings. The van der Waals surface area contributed by atoms with Crippen molar-refractivity contribution in [3.63, 3.8) is 0 Å². The summed E-state index contributed by atoms with van der Waals surface area (Å²) in [5.41, 5.74) is 0. The van der Waals surface area contributed by atoms with E-state index < -0.39 is 6.10 Å². The number of rotatable bonds is 5. The first-order valence-corrected chi connectivity index (χ1v) is 8.56. The third kappa shape index (κ3) is 4.50. The minimum atomic E-state index is -0.713. The van der Waals surface area contributed by atoms with Crippen LogP contribution in [0.3, 0.4) is 0 Å². The quantitative estimate of drug-likeness (QED) is 0.857. The summed E-state index contributed by atoms with van der Waals surface area (Å²) in [6.45, 7) is 2.33. The van der Waals surface area contributed by atoms with Crippen molar-refractivity contribution in [3.8, 4) is 17.2 Å². The SMILES string of the molecule is C[C@@H](Oc1ccc(Cl)cc1Cl)C(=O)NC[C@@H]1COc2ccccc2O1. The van der Waals surface area contributed by atoms with Gasteiger partial charge in [0.25, 0.3) is 5.91 Å². The maximum absolute atomic E-state index is 12.2. The number of hydrogen-bond acceptors (Lipinski definition) is 4. The van der Waals surface area contributed by atoms with Crippen LogP contribution in [0.25, 0.3) is 0 Å². The molecule has 0 fully saturated rings. The summed E-state index contributed by atoms with van der Waals surface area (Å²) in [5, 5.41) is 3.65. The predicted octanol–water partition coefficient (Wildman–Crippen LogP) is 3.72. The van der Waals surface area contributed by atoms with E-state index in [-0.39, 0.29) is 12.0 Å². The smallest absolute Gasteiger partial charge is 0.260 e. The van der Waals surface area contributed by atoms with E-state index in [1.807, 2.05) is 24.3 Å². The maximum atomic E-state index is 12.2. The third-order valence-electron chi connectivity index (χ3n) is 3.64. The lowest BCUT2D eigenvalue weighted by molar-refractivity contribution is -0.127. The van der Waals surface area contributed by atoms with Gasteiger partial charge in [0.15, 0.2) is 17.6 Å². The van der Waals surface area contributed by atoms with Gasteiger partial charge < -0.3 is 19.5 Å². The minimum Gasteiger partial charge on any atom is -0.486 e. The number of hydrogen-bond donors (Lipinski definition) is 1. The van der Waals surface area contributed by atoms with E-state index in [4.69, 9.17) is 37.4 Å². The molecule has 1 heterocycles. The average Bonchev–Trinajstić information content (AvgIpc) is 2.61. The molecule has 1 aliphatic heterocycles. The first-order valence-electron chi connectivity index (χ1n) is 7.81. The molecule has 0 radical (unpaired) electrons. The molecule has 1 amide bonds. The second kappa shape index (κ2) is 7.85. The van der Waals surface area contributed by atoms with Gasteiger partial charge in [-0.05, 0) is 37.3 Å². The molecule has 2 aromatic carbocycles. The van der Waals surface area contributed by atoms with Crippen LogP contribution in [0.1, 0.15) is 6.92 Å². The van der Waals surface area contributed by atoms with Crippen LogP contribution in [0.15, 0.2) is 42.5 Å². The van der Waals surface area contributed by atoms with E-state index in [0.29, 0.717) is 40.4 Å². The fourth-order valence-corrected chi connectivity index (χ4v) is 2.79. The lowest BCUT2D eigenvalue weighted by atomic mass is 10.2. The highest BCUT2D eigenvalue weighted by Gasteiger charge is 2.23. The maximum Gasteiger partial charge on any atom is 0.260 e. The number of fused-ring (bicyclic) bond motifs is 1. The Morgan fingerprint density at radius 3 is 2.80 bits per heavy atom. The van der Waals surface area contributed by atoms with Crippen molar-refractivity contribution in [2.24, 2.45) is 0 Å². The number of ether oxygens (including phenoxy) is 3. The highest BCUT2D eigenvalue weighted by atomic mass is 35.5. The van der Waals surface area contributed by atoms with Gasteiger partial charge in [0, 0.05) is 5.02 Å². The predicted molar refractivity (Wildman–Crippen MR) is 95.9 cm³/mol. The lowest BCUT2D eigenvalue weighted by Crippen LogP contribution is -2.44. The number of benzene rings is 2. The van der Waals surface area contributed by atoms with Crippen molar-refractivity contribution < 1.29 is 19.0 Å². The van der Waals surface area contributed by atoms with Gasteiger partial charge in [0.1, 0.15) is 18.5 Å². The van der Waals surface area contributed by atoms with Crippen LogP contribution < -0.4 is 19.5 Å². The van der Waals surface area contributed by atoms with Crippen molar-refractivity contribution in [1.29, 1.82) is 0 Å². The summed E-state index contributed by atoms with van der Waals surface area (Å²) in [6.07, 6.45) is -0.972. The lowest BCUT2D eigenvalue weighted by Gasteiger charge is -2.27. The Morgan fingerprint density at radius 2 is 2.04 bits per heavy atom. The van der Waals surface area contributed by atoms with E-state index in [0.717, 1.165) is 0 Å². The molecule has 0 saturated carbocycles. The van der Waals surface area contributed by atoms with Crippen LogP contribution in [0.5, 0.6) is 17.2 Å². The van der Waals surface area contributed by atoms with Crippen molar-refractivity contribution in [2.75, 3.05) is 13.2 Å². The van der Waals surface area contributed by atoms with Gasteiger partial charge in [-0.1, -0.05) is 35.3 Å². The second-order valence-electron chi connectivity index (χ2n) is 5.58. The molecule has 132 valence electrons. The Hall–Kier alpha value is -2.11. The van der Waals surface area contributed by atoms with Gasteiger partial charge >= 0.3 is 0 Å². The fourth-order valence-electron chi connectivity index (χ4n) is 2.34. The fraction of sp³-hybridized carbons (Fsp3) is 0.278. The van der Waals surface area contributed by atoms with Crippen LogP contribution in [0.4, 0.5) is 0 Å². The normalized spacial score (nSPS) is 16.8. The van der Waals surface area contributed by atoms with E-state index >= 15 is 0 Å². The molecule has 2 atom stereocenters. The van der Waals surface area contributed by atoms with Gasteiger partial charge in [-0.25, -0.2) is 0 Å². The Labute approximate surface area is 155 Å². The molecule has 25 heavy (non-hydrogen) atoms. The van der Waals surface area contributed by atoms with E-state index in [1.54, 1.807) is 25.1 Å². The summed E-state index contributed by atoms with van der Waals surface area (Å²) in [4.78, 5) is 12.2. The van der Waals surface area contributed by atoms with Gasteiger partial charge in [0.05, 0.1) is 11.6 Å². The minimum absolute atomic E-state index is 0.259. The number of nitrogens with one attached hydrogen (secondary N) is 1. The molecule has 0 unspecified atom stereocenters. The largest absolute Gasteiger partial charge is 0.486 e. The number of amides is 1. The van der Waals surface area contributed by atoms with Crippen molar-refractivity contribution in [3.05, 3.63) is 52.5 Å². The first kappa shape index (κ1) is 17.7. The molecule has 2 aromatic rings. The van der Waals surface area contributed by atoms with Crippen molar-refractivity contribution in [2.45, 2.75) is 19.1 Å². The summed E-state index contributed by atoms with van der Waals surface area (Å²) in [5.74, 6) is 1.51. The number of carbonyl (C=O) groups is 1. The third-order valence-corrected chi connectivity index (χ3v) is 4.17. The Kier molecular flexibility index (Phi) is 5.56. The molecule has 5 nitrogen and oxygen atoms in total. The van der Waals surface area contributed by atoms with Gasteiger partial charge in [0.2, 0.25) is 0 Å². The van der Waals surface area contributed by atoms with Crippen molar-refractivity contribution in [1.82, 2.24) is 5.32 Å². The van der Waals surface area contributed by atoms with Crippen LogP contribution in [0, 0.1) is 0 Å². The highest BCUT2D eigenvalue weighted by Crippen LogP contribution is 2.31. The summed E-state index contributed by atoms with van der Waals surface area (Å²) in [6, 6.07) is 12.3. The molecule has 0 aromatic heterocycles. The molecule has 0 saturated heterocycles. The van der Waals surface area contributed by atoms with Gasteiger partial charge in [-0.15, -0.1) is 0 Å². The standard InChI is InChI=1S/C18H17Cl2NO4/c1-11(24-15-7-6-12(19)8-14(15)20)18(22)21-9-13-10-23-16-4-2-3-5-17(16)25-13/h2-8,11,13H,9-10H2,1H3,(H,21,22)/t11-,13-/m1/s1. The molecule has 3 rings (SSSR count). The first-order chi connectivity index (χ1) is 12.0. The zero-order valence-electron chi connectivity index (χ0n) is 13.5. The molecule has 0 spiro atoms. The van der Waals surface area contributed by atoms with Crippen LogP contribution in [0.2, 0.25) is 10.0 Å². The number of carbonyl (C=O) groups excluding carboxylic acids is 1. The summed E-state index contributed by atoms with van der Waals surface area (Å²) >= 11 is 11.9. The van der Waals surface area contributed by atoms with E-state index in [9.17, 15) is 4.79 Å². The second-order valence-corrected chi connectivity index (χ2v) is 6.42. The van der Waals surface area contributed by atoms with Gasteiger partial charge in [-0.2, -0.15) is 0 Å². The van der Waals surface area contributed by atoms with Crippen LogP contribution >= 0.6 is 23.2 Å². The summed E-state index contributed by atoms with van der Waals surface area (Å²) < 4.78 is 17.0. The monoisotopic (exact) mass is 381 g/mol. The zero-order valence-corrected chi connectivity index (χ0v) is 15.0. The molecular weight excluding hydrogens is 365 g/mol. The Balaban J connectivity index is 1.51. The summed E-state index contributed by atoms with van der Waals surface area (Å²) in [7, 11) is 0.